The standard InChI is InChI=1S/C36H18N6/c1-37-35-33-25(13-8-18-38-33)39-36(40-35)42-27-15-7-5-12-23(27)31-29(42)19-24-22-11-4-6-14-26(22)41-28-17-16-20-9-2-3-10-21(20)30(28)32(31)34(24)41/h2-19H. The third-order valence-corrected chi connectivity index (χ3v) is 8.72. The van der Waals surface area contributed by atoms with E-state index in [2.05, 4.69) is 104 Å². The first kappa shape index (κ1) is 21.7. The highest BCUT2D eigenvalue weighted by atomic mass is 15.2. The summed E-state index contributed by atoms with van der Waals surface area (Å²) in [6.45, 7) is 7.86. The van der Waals surface area contributed by atoms with Gasteiger partial charge in [-0.05, 0) is 47.2 Å². The molecule has 0 radical (unpaired) electrons. The average Bonchev–Trinajstić information content (AvgIpc) is 3.68. The van der Waals surface area contributed by atoms with Crippen LogP contribution in [0.25, 0.3) is 92.5 Å². The lowest BCUT2D eigenvalue weighted by molar-refractivity contribution is 1.01. The molecule has 0 atom stereocenters. The monoisotopic (exact) mass is 534 g/mol. The zero-order chi connectivity index (χ0) is 27.5. The highest BCUT2D eigenvalue weighted by Gasteiger charge is 2.26. The van der Waals surface area contributed by atoms with Gasteiger partial charge in [0.05, 0.1) is 33.1 Å². The molecule has 10 rings (SSSR count). The van der Waals surface area contributed by atoms with Crippen molar-refractivity contribution in [1.82, 2.24) is 23.9 Å². The first-order chi connectivity index (χ1) is 20.8. The van der Waals surface area contributed by atoms with Crippen LogP contribution < -0.4 is 0 Å². The maximum absolute atomic E-state index is 7.86. The molecule has 10 aromatic rings. The molecule has 0 N–H and O–H groups in total. The number of benzene rings is 5. The van der Waals surface area contributed by atoms with Gasteiger partial charge in [-0.1, -0.05) is 78.3 Å². The van der Waals surface area contributed by atoms with E-state index in [-0.39, 0.29) is 5.82 Å². The van der Waals surface area contributed by atoms with Crippen LogP contribution in [0.1, 0.15) is 0 Å². The predicted octanol–water partition coefficient (Wildman–Crippen LogP) is 8.98. The molecule has 5 aromatic carbocycles. The number of hydrogen-bond donors (Lipinski definition) is 0. The van der Waals surface area contributed by atoms with Crippen LogP contribution in [0.3, 0.4) is 0 Å². The van der Waals surface area contributed by atoms with Gasteiger partial charge in [-0.25, -0.2) is 0 Å². The van der Waals surface area contributed by atoms with Crippen LogP contribution in [-0.4, -0.2) is 23.9 Å². The molecule has 6 heteroatoms. The van der Waals surface area contributed by atoms with Crippen LogP contribution in [0.4, 0.5) is 5.82 Å². The van der Waals surface area contributed by atoms with Crippen molar-refractivity contribution in [2.45, 2.75) is 0 Å². The Morgan fingerprint density at radius 1 is 0.595 bits per heavy atom. The second-order valence-corrected chi connectivity index (χ2v) is 10.8. The molecule has 0 saturated heterocycles. The van der Waals surface area contributed by atoms with E-state index in [9.17, 15) is 0 Å². The maximum atomic E-state index is 7.86. The highest BCUT2D eigenvalue weighted by Crippen LogP contribution is 2.48. The van der Waals surface area contributed by atoms with Gasteiger partial charge < -0.3 is 9.25 Å². The topological polar surface area (TPSA) is 52.4 Å². The molecule has 5 aromatic heterocycles. The van der Waals surface area contributed by atoms with Crippen molar-refractivity contribution in [3.8, 4) is 5.95 Å². The Kier molecular flexibility index (Phi) is 3.91. The van der Waals surface area contributed by atoms with E-state index in [0.717, 1.165) is 21.8 Å². The van der Waals surface area contributed by atoms with Gasteiger partial charge in [0.15, 0.2) is 0 Å². The molecule has 0 fully saturated rings. The Labute approximate surface area is 237 Å². The summed E-state index contributed by atoms with van der Waals surface area (Å²) in [6.07, 6.45) is 1.68. The summed E-state index contributed by atoms with van der Waals surface area (Å²) in [5, 5.41) is 9.61. The van der Waals surface area contributed by atoms with E-state index in [1.54, 1.807) is 6.20 Å². The van der Waals surface area contributed by atoms with Crippen LogP contribution >= 0.6 is 0 Å². The van der Waals surface area contributed by atoms with Crippen molar-refractivity contribution in [2.24, 2.45) is 0 Å². The number of rotatable bonds is 1. The molecule has 0 aliphatic heterocycles. The van der Waals surface area contributed by atoms with Crippen LogP contribution in [0.5, 0.6) is 0 Å². The SMILES string of the molecule is [C-]#[N+]c1nc(-n2c3ccccc3c3c4c5c6ccccc6ccc5n5c6ccccc6c(cc32)c45)nc2cccnc12. The Balaban J connectivity index is 1.53. The Morgan fingerprint density at radius 3 is 2.24 bits per heavy atom. The summed E-state index contributed by atoms with van der Waals surface area (Å²) in [7, 11) is 0. The predicted molar refractivity (Wildman–Crippen MR) is 170 cm³/mol. The molecule has 5 heterocycles. The largest absolute Gasteiger partial charge is 0.359 e. The van der Waals surface area contributed by atoms with Crippen molar-refractivity contribution in [2.75, 3.05) is 0 Å². The number of hydrogen-bond acceptors (Lipinski definition) is 3. The number of nitrogens with zero attached hydrogens (tertiary/aromatic N) is 6. The fourth-order valence-electron chi connectivity index (χ4n) is 7.11. The minimum atomic E-state index is 0.250. The number of pyridine rings is 1. The van der Waals surface area contributed by atoms with Crippen LogP contribution in [0.2, 0.25) is 0 Å². The van der Waals surface area contributed by atoms with E-state index in [1.165, 1.54) is 48.9 Å². The first-order valence-corrected chi connectivity index (χ1v) is 13.8. The maximum Gasteiger partial charge on any atom is 0.332 e. The number of aromatic nitrogens is 5. The summed E-state index contributed by atoms with van der Waals surface area (Å²) >= 11 is 0. The van der Waals surface area contributed by atoms with Crippen LogP contribution in [0, 0.1) is 6.57 Å². The van der Waals surface area contributed by atoms with Crippen molar-refractivity contribution >= 4 is 87.5 Å². The normalized spacial score (nSPS) is 12.3. The average molecular weight is 535 g/mol. The lowest BCUT2D eigenvalue weighted by atomic mass is 9.98. The molecular formula is C36H18N6. The quantitative estimate of drug-likeness (QED) is 0.198. The minimum Gasteiger partial charge on any atom is -0.359 e. The molecular weight excluding hydrogens is 516 g/mol. The lowest BCUT2D eigenvalue weighted by Gasteiger charge is -2.06. The Morgan fingerprint density at radius 2 is 1.36 bits per heavy atom. The molecule has 0 aliphatic rings. The second kappa shape index (κ2) is 7.57. The van der Waals surface area contributed by atoms with Gasteiger partial charge in [0, 0.05) is 38.5 Å². The molecule has 0 unspecified atom stereocenters. The van der Waals surface area contributed by atoms with Crippen LogP contribution in [-0.2, 0) is 0 Å². The fourth-order valence-corrected chi connectivity index (χ4v) is 7.11. The van der Waals surface area contributed by atoms with Crippen LogP contribution in [0.15, 0.2) is 109 Å². The molecule has 0 bridgehead atoms. The summed E-state index contributed by atoms with van der Waals surface area (Å²) in [5.41, 5.74) is 6.79. The third-order valence-electron chi connectivity index (χ3n) is 8.72. The molecule has 0 spiro atoms. The Hall–Kier alpha value is -6.06. The van der Waals surface area contributed by atoms with Gasteiger partial charge in [-0.15, -0.1) is 0 Å². The lowest BCUT2D eigenvalue weighted by Crippen LogP contribution is -2.02. The Bertz CT molecular complexity index is 2810. The van der Waals surface area contributed by atoms with Crippen molar-refractivity contribution < 1.29 is 0 Å². The van der Waals surface area contributed by atoms with Gasteiger partial charge in [-0.2, -0.15) is 4.98 Å². The van der Waals surface area contributed by atoms with E-state index >= 15 is 0 Å². The molecule has 0 aliphatic carbocycles. The smallest absolute Gasteiger partial charge is 0.332 e. The third kappa shape index (κ3) is 2.52. The number of para-hydroxylation sites is 2. The summed E-state index contributed by atoms with van der Waals surface area (Å²) < 4.78 is 4.56. The van der Waals surface area contributed by atoms with Gasteiger partial charge in [-0.3, -0.25) is 9.55 Å². The first-order valence-electron chi connectivity index (χ1n) is 13.8. The van der Waals surface area contributed by atoms with E-state index in [1.807, 2.05) is 18.2 Å². The summed E-state index contributed by atoms with van der Waals surface area (Å²) in [4.78, 5) is 17.9. The van der Waals surface area contributed by atoms with Crippen molar-refractivity contribution in [3.05, 3.63) is 121 Å². The second-order valence-electron chi connectivity index (χ2n) is 10.8. The number of fused-ring (bicyclic) bond motifs is 13. The zero-order valence-corrected chi connectivity index (χ0v) is 22.1. The molecule has 0 saturated carbocycles. The van der Waals surface area contributed by atoms with Crippen molar-refractivity contribution in [3.63, 3.8) is 0 Å². The molecule has 42 heavy (non-hydrogen) atoms. The van der Waals surface area contributed by atoms with Gasteiger partial charge in [0.25, 0.3) is 0 Å². The molecule has 0 amide bonds. The minimum absolute atomic E-state index is 0.250. The van der Waals surface area contributed by atoms with Gasteiger partial charge >= 0.3 is 11.8 Å². The molecule has 192 valence electrons. The summed E-state index contributed by atoms with van der Waals surface area (Å²) in [5.74, 6) is 0.721. The van der Waals surface area contributed by atoms with E-state index in [4.69, 9.17) is 16.5 Å². The zero-order valence-electron chi connectivity index (χ0n) is 22.1. The van der Waals surface area contributed by atoms with Gasteiger partial charge in [0.2, 0.25) is 0 Å². The fraction of sp³-hybridized carbons (Fsp3) is 0. The van der Waals surface area contributed by atoms with Gasteiger partial charge in [0.1, 0.15) is 5.52 Å². The van der Waals surface area contributed by atoms with Crippen molar-refractivity contribution in [1.29, 1.82) is 0 Å². The van der Waals surface area contributed by atoms with E-state index < -0.39 is 0 Å². The highest BCUT2D eigenvalue weighted by molar-refractivity contribution is 6.38. The molecule has 6 nitrogen and oxygen atoms in total. The van der Waals surface area contributed by atoms with E-state index in [0.29, 0.717) is 17.0 Å². The summed E-state index contributed by atoms with van der Waals surface area (Å²) in [6, 6.07) is 36.2.